The first-order valence-corrected chi connectivity index (χ1v) is 10.4. The number of aromatic nitrogens is 2. The second-order valence-corrected chi connectivity index (χ2v) is 7.58. The van der Waals surface area contributed by atoms with Crippen LogP contribution in [0.4, 0.5) is 11.4 Å². The fourth-order valence-electron chi connectivity index (χ4n) is 4.05. The van der Waals surface area contributed by atoms with Crippen molar-refractivity contribution in [1.82, 2.24) is 9.55 Å². The summed E-state index contributed by atoms with van der Waals surface area (Å²) in [7, 11) is 0. The Morgan fingerprint density at radius 3 is 2.32 bits per heavy atom. The van der Waals surface area contributed by atoms with Crippen LogP contribution in [0.15, 0.2) is 82.7 Å². The Morgan fingerprint density at radius 2 is 1.61 bits per heavy atom. The van der Waals surface area contributed by atoms with Crippen LogP contribution in [0.1, 0.15) is 18.4 Å². The molecular weight excluding hydrogens is 388 g/mol. The van der Waals surface area contributed by atoms with E-state index in [1.807, 2.05) is 30.3 Å². The maximum absolute atomic E-state index is 13.1. The molecule has 0 atom stereocenters. The molecule has 0 radical (unpaired) electrons. The minimum Gasteiger partial charge on any atom is -0.494 e. The lowest BCUT2D eigenvalue weighted by molar-refractivity contribution is 0.435. The summed E-state index contributed by atoms with van der Waals surface area (Å²) in [5.41, 5.74) is 2.14. The Kier molecular flexibility index (Phi) is 4.96. The van der Waals surface area contributed by atoms with E-state index in [4.69, 9.17) is 0 Å². The molecule has 0 bridgehead atoms. The van der Waals surface area contributed by atoms with Crippen molar-refractivity contribution in [2.75, 3.05) is 18.0 Å². The minimum absolute atomic E-state index is 0.181. The van der Waals surface area contributed by atoms with E-state index in [0.29, 0.717) is 22.2 Å². The second-order valence-electron chi connectivity index (χ2n) is 7.58. The van der Waals surface area contributed by atoms with E-state index in [1.165, 1.54) is 23.1 Å². The van der Waals surface area contributed by atoms with Crippen molar-refractivity contribution >= 4 is 28.4 Å². The van der Waals surface area contributed by atoms with Crippen LogP contribution in [0.3, 0.4) is 0 Å². The molecule has 6 nitrogen and oxygen atoms in total. The Bertz CT molecular complexity index is 1310. The molecule has 4 aromatic rings. The number of anilines is 1. The summed E-state index contributed by atoms with van der Waals surface area (Å²) >= 11 is 0. The molecule has 0 unspecified atom stereocenters. The van der Waals surface area contributed by atoms with Gasteiger partial charge in [0.2, 0.25) is 5.88 Å². The van der Waals surface area contributed by atoms with Gasteiger partial charge >= 0.3 is 0 Å². The molecule has 1 aliphatic rings. The molecule has 1 N–H and O–H groups in total. The third-order valence-corrected chi connectivity index (χ3v) is 5.65. The number of hydrogen-bond donors (Lipinski definition) is 1. The molecule has 1 aliphatic heterocycles. The summed E-state index contributed by atoms with van der Waals surface area (Å²) in [5.74, 6) is 0.181. The smallest absolute Gasteiger partial charge is 0.267 e. The van der Waals surface area contributed by atoms with E-state index in [-0.39, 0.29) is 11.4 Å². The SMILES string of the molecule is O=c1c2ccccc2c(C=Nc2ccc(N3CCCC3)cc2)c(O)n1-c1ccccn1. The van der Waals surface area contributed by atoms with Crippen molar-refractivity contribution < 1.29 is 5.11 Å². The van der Waals surface area contributed by atoms with E-state index in [2.05, 4.69) is 27.0 Å². The van der Waals surface area contributed by atoms with Gasteiger partial charge in [0.1, 0.15) is 5.82 Å². The maximum atomic E-state index is 13.1. The number of benzene rings is 2. The first-order chi connectivity index (χ1) is 15.2. The van der Waals surface area contributed by atoms with Crippen molar-refractivity contribution in [3.8, 4) is 11.7 Å². The highest BCUT2D eigenvalue weighted by Crippen LogP contribution is 2.27. The van der Waals surface area contributed by atoms with Gasteiger partial charge in [0, 0.05) is 42.0 Å². The Morgan fingerprint density at radius 1 is 0.903 bits per heavy atom. The van der Waals surface area contributed by atoms with Crippen LogP contribution >= 0.6 is 0 Å². The topological polar surface area (TPSA) is 70.7 Å². The molecule has 0 amide bonds. The first kappa shape index (κ1) is 19.1. The van der Waals surface area contributed by atoms with Crippen LogP contribution < -0.4 is 10.5 Å². The molecule has 5 rings (SSSR count). The van der Waals surface area contributed by atoms with Crippen LogP contribution in [0.2, 0.25) is 0 Å². The lowest BCUT2D eigenvalue weighted by Crippen LogP contribution is -2.20. The number of fused-ring (bicyclic) bond motifs is 1. The fourth-order valence-corrected chi connectivity index (χ4v) is 4.05. The van der Waals surface area contributed by atoms with E-state index in [1.54, 1.807) is 36.7 Å². The number of aromatic hydroxyl groups is 1. The van der Waals surface area contributed by atoms with Crippen molar-refractivity contribution in [2.24, 2.45) is 4.99 Å². The number of nitrogens with zero attached hydrogens (tertiary/aromatic N) is 4. The number of aliphatic imine (C=N–C) groups is 1. The van der Waals surface area contributed by atoms with E-state index in [9.17, 15) is 9.90 Å². The van der Waals surface area contributed by atoms with Crippen molar-refractivity contribution in [3.63, 3.8) is 0 Å². The molecule has 1 saturated heterocycles. The molecule has 0 aliphatic carbocycles. The standard InChI is InChI=1S/C25H22N4O2/c30-24-21-8-2-1-7-20(21)22(25(31)29(24)23-9-3-4-14-26-23)17-27-18-10-12-19(13-11-18)28-15-5-6-16-28/h1-4,7-14,17,31H,5-6,15-16H2. The number of pyridine rings is 2. The normalized spacial score (nSPS) is 14.0. The molecule has 2 aromatic heterocycles. The Labute approximate surface area is 179 Å². The average Bonchev–Trinajstić information content (AvgIpc) is 3.35. The van der Waals surface area contributed by atoms with Crippen LogP contribution in [-0.2, 0) is 0 Å². The van der Waals surface area contributed by atoms with Crippen LogP contribution in [0.25, 0.3) is 16.6 Å². The summed E-state index contributed by atoms with van der Waals surface area (Å²) in [6.45, 7) is 2.19. The number of rotatable bonds is 4. The zero-order valence-corrected chi connectivity index (χ0v) is 17.0. The van der Waals surface area contributed by atoms with Crippen molar-refractivity contribution in [1.29, 1.82) is 0 Å². The lowest BCUT2D eigenvalue weighted by atomic mass is 10.1. The molecule has 0 saturated carbocycles. The van der Waals surface area contributed by atoms with Gasteiger partial charge in [-0.2, -0.15) is 0 Å². The molecule has 1 fully saturated rings. The van der Waals surface area contributed by atoms with Gasteiger partial charge in [0.15, 0.2) is 0 Å². The summed E-state index contributed by atoms with van der Waals surface area (Å²) in [4.78, 5) is 24.2. The molecule has 2 aromatic carbocycles. The van der Waals surface area contributed by atoms with Crippen molar-refractivity contribution in [3.05, 3.63) is 88.8 Å². The molecule has 154 valence electrons. The summed E-state index contributed by atoms with van der Waals surface area (Å²) in [5, 5.41) is 12.2. The van der Waals surface area contributed by atoms with Gasteiger partial charge in [0.25, 0.3) is 5.56 Å². The second kappa shape index (κ2) is 8.07. The molecular formula is C25H22N4O2. The van der Waals surface area contributed by atoms with Crippen molar-refractivity contribution in [2.45, 2.75) is 12.8 Å². The van der Waals surface area contributed by atoms with E-state index in [0.717, 1.165) is 18.8 Å². The van der Waals surface area contributed by atoms with Gasteiger partial charge in [-0.25, -0.2) is 9.55 Å². The van der Waals surface area contributed by atoms with Gasteiger partial charge in [-0.3, -0.25) is 9.79 Å². The third-order valence-electron chi connectivity index (χ3n) is 5.65. The average molecular weight is 410 g/mol. The summed E-state index contributed by atoms with van der Waals surface area (Å²) in [6, 6.07) is 20.5. The highest BCUT2D eigenvalue weighted by molar-refractivity contribution is 6.02. The van der Waals surface area contributed by atoms with Gasteiger partial charge < -0.3 is 10.0 Å². The molecule has 6 heteroatoms. The van der Waals surface area contributed by atoms with Gasteiger partial charge in [-0.15, -0.1) is 0 Å². The zero-order chi connectivity index (χ0) is 21.2. The zero-order valence-electron chi connectivity index (χ0n) is 17.0. The third kappa shape index (κ3) is 3.57. The first-order valence-electron chi connectivity index (χ1n) is 10.4. The van der Waals surface area contributed by atoms with E-state index < -0.39 is 0 Å². The minimum atomic E-state index is -0.320. The highest BCUT2D eigenvalue weighted by Gasteiger charge is 2.17. The number of hydrogen-bond acceptors (Lipinski definition) is 5. The Hall–Kier alpha value is -3.93. The monoisotopic (exact) mass is 410 g/mol. The molecule has 0 spiro atoms. The quantitative estimate of drug-likeness (QED) is 0.505. The molecule has 31 heavy (non-hydrogen) atoms. The van der Waals surface area contributed by atoms with Gasteiger partial charge in [-0.1, -0.05) is 24.3 Å². The maximum Gasteiger partial charge on any atom is 0.267 e. The predicted octanol–water partition coefficient (Wildman–Crippen LogP) is 4.44. The van der Waals surface area contributed by atoms with Gasteiger partial charge in [0.05, 0.1) is 11.3 Å². The van der Waals surface area contributed by atoms with Crippen LogP contribution in [0.5, 0.6) is 5.88 Å². The summed E-state index contributed by atoms with van der Waals surface area (Å²) < 4.78 is 1.22. The fraction of sp³-hybridized carbons (Fsp3) is 0.160. The molecule has 3 heterocycles. The lowest BCUT2D eigenvalue weighted by Gasteiger charge is -2.17. The largest absolute Gasteiger partial charge is 0.494 e. The van der Waals surface area contributed by atoms with Crippen LogP contribution in [-0.4, -0.2) is 34.0 Å². The van der Waals surface area contributed by atoms with Gasteiger partial charge in [-0.05, 0) is 55.3 Å². The Balaban J connectivity index is 1.58. The predicted molar refractivity (Wildman–Crippen MR) is 124 cm³/mol. The van der Waals surface area contributed by atoms with E-state index >= 15 is 0 Å². The summed E-state index contributed by atoms with van der Waals surface area (Å²) in [6.07, 6.45) is 5.67. The highest BCUT2D eigenvalue weighted by atomic mass is 16.3. The van der Waals surface area contributed by atoms with Crippen LogP contribution in [0, 0.1) is 0 Å².